The van der Waals surface area contributed by atoms with Crippen LogP contribution >= 0.6 is 11.8 Å². The van der Waals surface area contributed by atoms with Gasteiger partial charge in [-0.2, -0.15) is 13.2 Å². The van der Waals surface area contributed by atoms with Crippen LogP contribution in [-0.2, 0) is 21.0 Å². The average molecular weight is 525 g/mol. The van der Waals surface area contributed by atoms with Gasteiger partial charge in [0.2, 0.25) is 0 Å². The second-order valence-electron chi connectivity index (χ2n) is 7.51. The molecular formula is C24H23F3N2O4S2. The lowest BCUT2D eigenvalue weighted by atomic mass is 10.1. The maximum Gasteiger partial charge on any atom is 0.416 e. The van der Waals surface area contributed by atoms with Gasteiger partial charge in [0, 0.05) is 10.6 Å². The van der Waals surface area contributed by atoms with Crippen molar-refractivity contribution >= 4 is 33.4 Å². The van der Waals surface area contributed by atoms with Crippen LogP contribution < -0.4 is 14.8 Å². The second-order valence-corrected chi connectivity index (χ2v) is 10.1. The maximum absolute atomic E-state index is 12.9. The topological polar surface area (TPSA) is 84.5 Å². The summed E-state index contributed by atoms with van der Waals surface area (Å²) >= 11 is 1.62. The van der Waals surface area contributed by atoms with E-state index in [9.17, 15) is 26.4 Å². The fourth-order valence-electron chi connectivity index (χ4n) is 3.10. The van der Waals surface area contributed by atoms with Crippen LogP contribution in [0.1, 0.15) is 24.1 Å². The van der Waals surface area contributed by atoms with E-state index in [1.807, 2.05) is 37.4 Å². The highest BCUT2D eigenvalue weighted by Crippen LogP contribution is 2.31. The van der Waals surface area contributed by atoms with Crippen LogP contribution in [0.15, 0.2) is 82.6 Å². The second kappa shape index (κ2) is 11.0. The van der Waals surface area contributed by atoms with Gasteiger partial charge in [0.1, 0.15) is 5.75 Å². The Kier molecular flexibility index (Phi) is 8.34. The van der Waals surface area contributed by atoms with Crippen molar-refractivity contribution in [2.24, 2.45) is 0 Å². The van der Waals surface area contributed by atoms with Gasteiger partial charge in [-0.15, -0.1) is 11.8 Å². The van der Waals surface area contributed by atoms with E-state index in [0.717, 1.165) is 22.6 Å². The van der Waals surface area contributed by atoms with E-state index >= 15 is 0 Å². The van der Waals surface area contributed by atoms with Gasteiger partial charge in [-0.1, -0.05) is 18.2 Å². The molecule has 0 aliphatic carbocycles. The fourth-order valence-corrected chi connectivity index (χ4v) is 4.55. The van der Waals surface area contributed by atoms with Gasteiger partial charge in [0.15, 0.2) is 6.61 Å². The molecule has 0 heterocycles. The Morgan fingerprint density at radius 1 is 1.03 bits per heavy atom. The summed E-state index contributed by atoms with van der Waals surface area (Å²) in [5.41, 5.74) is -0.237. The summed E-state index contributed by atoms with van der Waals surface area (Å²) in [6.07, 6.45) is -2.62. The Bertz CT molecular complexity index is 1260. The number of nitrogens with one attached hydrogen (secondary N) is 2. The molecule has 0 saturated carbocycles. The molecule has 11 heteroatoms. The zero-order valence-corrected chi connectivity index (χ0v) is 20.4. The van der Waals surface area contributed by atoms with Crippen molar-refractivity contribution in [1.29, 1.82) is 0 Å². The Morgan fingerprint density at radius 3 is 2.29 bits per heavy atom. The monoisotopic (exact) mass is 524 g/mol. The van der Waals surface area contributed by atoms with Crippen LogP contribution in [0.5, 0.6) is 5.75 Å². The van der Waals surface area contributed by atoms with E-state index in [1.54, 1.807) is 11.8 Å². The van der Waals surface area contributed by atoms with Crippen molar-refractivity contribution in [2.75, 3.05) is 17.6 Å². The van der Waals surface area contributed by atoms with Crippen molar-refractivity contribution in [3.05, 3.63) is 83.9 Å². The van der Waals surface area contributed by atoms with Crippen molar-refractivity contribution in [3.8, 4) is 5.75 Å². The first-order chi connectivity index (χ1) is 16.5. The van der Waals surface area contributed by atoms with Gasteiger partial charge in [0.25, 0.3) is 15.9 Å². The number of sulfonamides is 1. The first kappa shape index (κ1) is 26.4. The summed E-state index contributed by atoms with van der Waals surface area (Å²) in [6.45, 7) is 1.57. The van der Waals surface area contributed by atoms with Crippen LogP contribution in [0.2, 0.25) is 0 Å². The van der Waals surface area contributed by atoms with Crippen LogP contribution in [0, 0.1) is 0 Å². The molecule has 3 aromatic rings. The summed E-state index contributed by atoms with van der Waals surface area (Å²) in [7, 11) is -4.13. The van der Waals surface area contributed by atoms with Crippen LogP contribution in [0.4, 0.5) is 18.9 Å². The minimum Gasteiger partial charge on any atom is -0.484 e. The first-order valence-electron chi connectivity index (χ1n) is 10.3. The molecule has 2 N–H and O–H groups in total. The standard InChI is InChI=1S/C24H23F3N2O4S2/c1-16(17-6-10-21(34-2)11-7-17)28-23(30)15-33-20-8-12-22(13-9-20)35(31,32)29-19-5-3-4-18(14-19)24(25,26)27/h3-14,16,29H,15H2,1-2H3,(H,28,30). The molecule has 6 nitrogen and oxygen atoms in total. The molecule has 35 heavy (non-hydrogen) atoms. The molecule has 0 aliphatic rings. The third-order valence-electron chi connectivity index (χ3n) is 4.94. The number of thioether (sulfide) groups is 1. The molecule has 0 aromatic heterocycles. The Balaban J connectivity index is 1.56. The molecule has 3 rings (SSSR count). The van der Waals surface area contributed by atoms with Crippen molar-refractivity contribution in [1.82, 2.24) is 5.32 Å². The van der Waals surface area contributed by atoms with Crippen molar-refractivity contribution < 1.29 is 31.1 Å². The number of carbonyl (C=O) groups excluding carboxylic acids is 1. The number of ether oxygens (including phenoxy) is 1. The Hall–Kier alpha value is -3.18. The molecule has 3 aromatic carbocycles. The molecule has 0 aliphatic heterocycles. The number of amides is 1. The van der Waals surface area contributed by atoms with Crippen molar-refractivity contribution in [3.63, 3.8) is 0 Å². The largest absolute Gasteiger partial charge is 0.484 e. The molecule has 186 valence electrons. The summed E-state index contributed by atoms with van der Waals surface area (Å²) < 4.78 is 71.2. The van der Waals surface area contributed by atoms with Crippen LogP contribution in [-0.4, -0.2) is 27.2 Å². The lowest BCUT2D eigenvalue weighted by molar-refractivity contribution is -0.137. The van der Waals surface area contributed by atoms with E-state index in [-0.39, 0.29) is 34.9 Å². The number of alkyl halides is 3. The lowest BCUT2D eigenvalue weighted by Gasteiger charge is -2.15. The molecular weight excluding hydrogens is 501 g/mol. The summed E-state index contributed by atoms with van der Waals surface area (Å²) in [5, 5.41) is 2.83. The molecule has 0 radical (unpaired) electrons. The zero-order valence-electron chi connectivity index (χ0n) is 18.8. The van der Waals surface area contributed by atoms with Gasteiger partial charge in [-0.3, -0.25) is 9.52 Å². The normalized spacial score (nSPS) is 12.6. The third kappa shape index (κ3) is 7.40. The molecule has 1 amide bonds. The lowest BCUT2D eigenvalue weighted by Crippen LogP contribution is -2.31. The quantitative estimate of drug-likeness (QED) is 0.362. The smallest absolute Gasteiger partial charge is 0.416 e. The number of hydrogen-bond acceptors (Lipinski definition) is 5. The third-order valence-corrected chi connectivity index (χ3v) is 7.08. The molecule has 1 atom stereocenters. The summed E-state index contributed by atoms with van der Waals surface area (Å²) in [5.74, 6) is -0.0931. The highest BCUT2D eigenvalue weighted by atomic mass is 32.2. The minimum absolute atomic E-state index is 0.172. The SMILES string of the molecule is CSc1ccc(C(C)NC(=O)COc2ccc(S(=O)(=O)Nc3cccc(C(F)(F)F)c3)cc2)cc1. The summed E-state index contributed by atoms with van der Waals surface area (Å²) in [4.78, 5) is 13.2. The average Bonchev–Trinajstić information content (AvgIpc) is 2.82. The van der Waals surface area contributed by atoms with E-state index < -0.39 is 21.8 Å². The Labute approximate surface area is 205 Å². The van der Waals surface area contributed by atoms with Gasteiger partial charge in [-0.05, 0) is 73.3 Å². The van der Waals surface area contributed by atoms with E-state index in [1.165, 1.54) is 30.3 Å². The molecule has 0 bridgehead atoms. The number of carbonyl (C=O) groups is 1. The van der Waals surface area contributed by atoms with E-state index in [2.05, 4.69) is 10.0 Å². The van der Waals surface area contributed by atoms with E-state index in [4.69, 9.17) is 4.74 Å². The van der Waals surface area contributed by atoms with Crippen LogP contribution in [0.25, 0.3) is 0 Å². The number of rotatable bonds is 9. The highest BCUT2D eigenvalue weighted by molar-refractivity contribution is 7.98. The maximum atomic E-state index is 12.9. The van der Waals surface area contributed by atoms with Gasteiger partial charge in [0.05, 0.1) is 16.5 Å². The predicted molar refractivity (Wildman–Crippen MR) is 129 cm³/mol. The fraction of sp³-hybridized carbons (Fsp3) is 0.208. The predicted octanol–water partition coefficient (Wildman–Crippen LogP) is 5.48. The van der Waals surface area contributed by atoms with Gasteiger partial charge in [-0.25, -0.2) is 8.42 Å². The van der Waals surface area contributed by atoms with Gasteiger partial charge < -0.3 is 10.1 Å². The molecule has 1 unspecified atom stereocenters. The van der Waals surface area contributed by atoms with Crippen molar-refractivity contribution in [2.45, 2.75) is 28.9 Å². The number of benzene rings is 3. The molecule has 0 fully saturated rings. The minimum atomic E-state index is -4.59. The summed E-state index contributed by atoms with van der Waals surface area (Å²) in [6, 6.07) is 16.7. The molecule has 0 spiro atoms. The van der Waals surface area contributed by atoms with Gasteiger partial charge >= 0.3 is 6.18 Å². The molecule has 0 saturated heterocycles. The number of anilines is 1. The first-order valence-corrected chi connectivity index (χ1v) is 13.0. The number of halogens is 3. The van der Waals surface area contributed by atoms with E-state index in [0.29, 0.717) is 6.07 Å². The van der Waals surface area contributed by atoms with Crippen LogP contribution in [0.3, 0.4) is 0 Å². The highest BCUT2D eigenvalue weighted by Gasteiger charge is 2.30. The zero-order chi connectivity index (χ0) is 25.6. The Morgan fingerprint density at radius 2 is 1.69 bits per heavy atom. The number of hydrogen-bond donors (Lipinski definition) is 2.